The molecule has 27 heavy (non-hydrogen) atoms. The van der Waals surface area contributed by atoms with Gasteiger partial charge in [0.15, 0.2) is 6.61 Å². The van der Waals surface area contributed by atoms with Crippen LogP contribution in [0.1, 0.15) is 12.0 Å². The first-order valence-electron chi connectivity index (χ1n) is 8.99. The maximum atomic E-state index is 12.2. The van der Waals surface area contributed by atoms with Crippen molar-refractivity contribution < 1.29 is 19.4 Å². The van der Waals surface area contributed by atoms with Crippen molar-refractivity contribution in [3.63, 3.8) is 0 Å². The molecule has 1 aliphatic rings. The van der Waals surface area contributed by atoms with E-state index in [1.165, 1.54) is 0 Å². The number of hydrogen-bond acceptors (Lipinski definition) is 6. The molecule has 2 heterocycles. The molecular formula is C20H25N3O4. The highest BCUT2D eigenvalue weighted by molar-refractivity contribution is 5.78. The van der Waals surface area contributed by atoms with Crippen LogP contribution in [-0.4, -0.2) is 59.8 Å². The fourth-order valence-electron chi connectivity index (χ4n) is 3.15. The van der Waals surface area contributed by atoms with E-state index in [1.807, 2.05) is 24.4 Å². The van der Waals surface area contributed by atoms with E-state index in [0.717, 1.165) is 18.7 Å². The van der Waals surface area contributed by atoms with E-state index in [2.05, 4.69) is 15.2 Å². The lowest BCUT2D eigenvalue weighted by molar-refractivity contribution is -0.125. The van der Waals surface area contributed by atoms with Gasteiger partial charge in [0.2, 0.25) is 0 Å². The Morgan fingerprint density at radius 3 is 2.93 bits per heavy atom. The Bertz CT molecular complexity index is 741. The maximum absolute atomic E-state index is 12.2. The number of carbonyl (C=O) groups is 1. The molecule has 7 nitrogen and oxygen atoms in total. The highest BCUT2D eigenvalue weighted by Gasteiger charge is 2.28. The van der Waals surface area contributed by atoms with Gasteiger partial charge >= 0.3 is 0 Å². The lowest BCUT2D eigenvalue weighted by atomic mass is 10.0. The highest BCUT2D eigenvalue weighted by Crippen LogP contribution is 2.19. The minimum Gasteiger partial charge on any atom is -0.497 e. The molecule has 1 saturated heterocycles. The third-order valence-electron chi connectivity index (χ3n) is 4.55. The number of aliphatic hydroxyl groups is 1. The molecule has 1 fully saturated rings. The van der Waals surface area contributed by atoms with Crippen LogP contribution in [-0.2, 0) is 11.3 Å². The van der Waals surface area contributed by atoms with Gasteiger partial charge in [-0.2, -0.15) is 0 Å². The Morgan fingerprint density at radius 1 is 1.33 bits per heavy atom. The quantitative estimate of drug-likeness (QED) is 0.761. The maximum Gasteiger partial charge on any atom is 0.258 e. The lowest BCUT2D eigenvalue weighted by Crippen LogP contribution is -2.54. The van der Waals surface area contributed by atoms with Gasteiger partial charge in [0.05, 0.1) is 19.3 Å². The number of aromatic nitrogens is 1. The van der Waals surface area contributed by atoms with Gasteiger partial charge < -0.3 is 19.9 Å². The minimum absolute atomic E-state index is 0.101. The van der Waals surface area contributed by atoms with Crippen LogP contribution in [0.25, 0.3) is 0 Å². The van der Waals surface area contributed by atoms with Crippen LogP contribution >= 0.6 is 0 Å². The summed E-state index contributed by atoms with van der Waals surface area (Å²) in [6.45, 7) is 1.95. The van der Waals surface area contributed by atoms with Crippen molar-refractivity contribution in [3.8, 4) is 11.5 Å². The van der Waals surface area contributed by atoms with Gasteiger partial charge in [0, 0.05) is 38.1 Å². The Balaban J connectivity index is 1.43. The summed E-state index contributed by atoms with van der Waals surface area (Å²) in [6, 6.07) is 10.7. The molecule has 0 bridgehead atoms. The summed E-state index contributed by atoms with van der Waals surface area (Å²) in [5.41, 5.74) is 1.11. The molecule has 144 valence electrons. The number of benzene rings is 1. The predicted molar refractivity (Wildman–Crippen MR) is 101 cm³/mol. The molecule has 2 aromatic rings. The summed E-state index contributed by atoms with van der Waals surface area (Å²) in [5, 5.41) is 13.3. The fraction of sp³-hybridized carbons (Fsp3) is 0.400. The first-order valence-corrected chi connectivity index (χ1v) is 8.99. The average molecular weight is 371 g/mol. The molecule has 0 unspecified atom stereocenters. The molecule has 0 spiro atoms. The van der Waals surface area contributed by atoms with Gasteiger partial charge in [-0.25, -0.2) is 0 Å². The molecule has 0 radical (unpaired) electrons. The zero-order chi connectivity index (χ0) is 19.1. The number of methoxy groups -OCH3 is 1. The molecule has 1 aliphatic heterocycles. The second-order valence-corrected chi connectivity index (χ2v) is 6.59. The standard InChI is InChI=1S/C20H25N3O4/c1-26-16-5-2-6-17(10-16)27-14-20(25)22-18-7-9-23(13-19(18)24)12-15-4-3-8-21-11-15/h2-6,8,10-11,18-19,24H,7,9,12-14H2,1H3,(H,22,25)/t18-,19-/m1/s1. The van der Waals surface area contributed by atoms with E-state index in [0.29, 0.717) is 24.5 Å². The third kappa shape index (κ3) is 5.67. The second-order valence-electron chi connectivity index (χ2n) is 6.59. The van der Waals surface area contributed by atoms with Crippen LogP contribution in [0.4, 0.5) is 0 Å². The molecule has 1 aromatic heterocycles. The number of ether oxygens (including phenoxy) is 2. The van der Waals surface area contributed by atoms with Crippen molar-refractivity contribution in [1.29, 1.82) is 0 Å². The van der Waals surface area contributed by atoms with Crippen molar-refractivity contribution in [2.75, 3.05) is 26.8 Å². The van der Waals surface area contributed by atoms with E-state index in [-0.39, 0.29) is 18.6 Å². The number of likely N-dealkylation sites (tertiary alicyclic amines) is 1. The molecule has 1 amide bonds. The summed E-state index contributed by atoms with van der Waals surface area (Å²) in [6.07, 6.45) is 3.65. The van der Waals surface area contributed by atoms with E-state index in [1.54, 1.807) is 31.5 Å². The number of rotatable bonds is 7. The van der Waals surface area contributed by atoms with Crippen LogP contribution in [0.5, 0.6) is 11.5 Å². The Labute approximate surface area is 158 Å². The lowest BCUT2D eigenvalue weighted by Gasteiger charge is -2.36. The van der Waals surface area contributed by atoms with Crippen LogP contribution in [0.2, 0.25) is 0 Å². The van der Waals surface area contributed by atoms with Crippen LogP contribution < -0.4 is 14.8 Å². The van der Waals surface area contributed by atoms with E-state index >= 15 is 0 Å². The molecule has 2 atom stereocenters. The fourth-order valence-corrected chi connectivity index (χ4v) is 3.15. The molecule has 3 rings (SSSR count). The van der Waals surface area contributed by atoms with Crippen molar-refractivity contribution in [2.45, 2.75) is 25.1 Å². The normalized spacial score (nSPS) is 20.1. The van der Waals surface area contributed by atoms with E-state index in [9.17, 15) is 9.90 Å². The number of aliphatic hydroxyl groups excluding tert-OH is 1. The summed E-state index contributed by atoms with van der Waals surface area (Å²) in [4.78, 5) is 18.4. The van der Waals surface area contributed by atoms with Crippen LogP contribution in [0.15, 0.2) is 48.8 Å². The highest BCUT2D eigenvalue weighted by atomic mass is 16.5. The Hall–Kier alpha value is -2.64. The molecule has 2 N–H and O–H groups in total. The Morgan fingerprint density at radius 2 is 2.19 bits per heavy atom. The smallest absolute Gasteiger partial charge is 0.258 e. The van der Waals surface area contributed by atoms with Crippen LogP contribution in [0.3, 0.4) is 0 Å². The van der Waals surface area contributed by atoms with Crippen molar-refractivity contribution in [1.82, 2.24) is 15.2 Å². The van der Waals surface area contributed by atoms with Gasteiger partial charge in [-0.3, -0.25) is 14.7 Å². The van der Waals surface area contributed by atoms with Gasteiger partial charge in [0.1, 0.15) is 11.5 Å². The zero-order valence-corrected chi connectivity index (χ0v) is 15.4. The predicted octanol–water partition coefficient (Wildman–Crippen LogP) is 1.22. The van der Waals surface area contributed by atoms with Crippen molar-refractivity contribution >= 4 is 5.91 Å². The van der Waals surface area contributed by atoms with Crippen molar-refractivity contribution in [3.05, 3.63) is 54.4 Å². The van der Waals surface area contributed by atoms with Gasteiger partial charge in [-0.15, -0.1) is 0 Å². The first kappa shape index (κ1) is 19.1. The number of piperidine rings is 1. The van der Waals surface area contributed by atoms with E-state index < -0.39 is 6.10 Å². The number of nitrogens with one attached hydrogen (secondary N) is 1. The number of β-amino-alcohol motifs (C(OH)–C–C–N with tert-alkyl or cyclic N) is 1. The molecule has 1 aromatic carbocycles. The number of amides is 1. The van der Waals surface area contributed by atoms with Gasteiger partial charge in [0.25, 0.3) is 5.91 Å². The SMILES string of the molecule is COc1cccc(OCC(=O)N[C@@H]2CCN(Cc3cccnc3)C[C@H]2O)c1. The van der Waals surface area contributed by atoms with Gasteiger partial charge in [-0.05, 0) is 30.2 Å². The second kappa shape index (κ2) is 9.34. The first-order chi connectivity index (χ1) is 13.1. The summed E-state index contributed by atoms with van der Waals surface area (Å²) < 4.78 is 10.6. The third-order valence-corrected chi connectivity index (χ3v) is 4.55. The van der Waals surface area contributed by atoms with Gasteiger partial charge in [-0.1, -0.05) is 12.1 Å². The number of carbonyl (C=O) groups excluding carboxylic acids is 1. The summed E-state index contributed by atoms with van der Waals surface area (Å²) in [5.74, 6) is 0.989. The number of hydrogen-bond donors (Lipinski definition) is 2. The number of pyridine rings is 1. The number of nitrogens with zero attached hydrogens (tertiary/aromatic N) is 2. The topological polar surface area (TPSA) is 83.9 Å². The van der Waals surface area contributed by atoms with Crippen LogP contribution in [0, 0.1) is 0 Å². The zero-order valence-electron chi connectivity index (χ0n) is 15.4. The monoisotopic (exact) mass is 371 g/mol. The van der Waals surface area contributed by atoms with Crippen molar-refractivity contribution in [2.24, 2.45) is 0 Å². The molecule has 7 heteroatoms. The minimum atomic E-state index is -0.615. The summed E-state index contributed by atoms with van der Waals surface area (Å²) in [7, 11) is 1.58. The molecule has 0 aliphatic carbocycles. The van der Waals surface area contributed by atoms with E-state index in [4.69, 9.17) is 9.47 Å². The molecular weight excluding hydrogens is 346 g/mol. The summed E-state index contributed by atoms with van der Waals surface area (Å²) >= 11 is 0. The Kier molecular flexibility index (Phi) is 6.62. The largest absolute Gasteiger partial charge is 0.497 e. The average Bonchev–Trinajstić information content (AvgIpc) is 2.69. The molecule has 0 saturated carbocycles.